The lowest BCUT2D eigenvalue weighted by molar-refractivity contribution is -0.131. The molecule has 134 valence electrons. The predicted octanol–water partition coefficient (Wildman–Crippen LogP) is 2.40. The second-order valence-electron chi connectivity index (χ2n) is 6.89. The molecule has 0 bridgehead atoms. The minimum atomic E-state index is 0.280. The molecular weight excluding hydrogens is 312 g/mol. The van der Waals surface area contributed by atoms with Gasteiger partial charge in [0.05, 0.1) is 6.54 Å². The van der Waals surface area contributed by atoms with Crippen molar-refractivity contribution >= 4 is 5.91 Å². The van der Waals surface area contributed by atoms with E-state index in [1.807, 2.05) is 36.5 Å². The zero-order valence-corrected chi connectivity index (χ0v) is 15.3. The minimum absolute atomic E-state index is 0.280. The molecule has 1 amide bonds. The Hall–Kier alpha value is -2.14. The second kappa shape index (κ2) is 8.30. The Bertz CT molecular complexity index is 709. The first kappa shape index (κ1) is 17.7. The van der Waals surface area contributed by atoms with E-state index in [-0.39, 0.29) is 5.91 Å². The summed E-state index contributed by atoms with van der Waals surface area (Å²) in [7, 11) is 2.03. The van der Waals surface area contributed by atoms with E-state index in [9.17, 15) is 4.79 Å². The maximum Gasteiger partial charge on any atom is 0.222 e. The van der Waals surface area contributed by atoms with Crippen LogP contribution in [0.5, 0.6) is 0 Å². The maximum absolute atomic E-state index is 12.6. The van der Waals surface area contributed by atoms with Gasteiger partial charge in [0.25, 0.3) is 0 Å². The van der Waals surface area contributed by atoms with E-state index in [4.69, 9.17) is 0 Å². The fourth-order valence-electron chi connectivity index (χ4n) is 3.42. The summed E-state index contributed by atoms with van der Waals surface area (Å²) >= 11 is 0. The van der Waals surface area contributed by atoms with Gasteiger partial charge in [-0.1, -0.05) is 24.3 Å². The van der Waals surface area contributed by atoms with E-state index in [0.717, 1.165) is 51.4 Å². The van der Waals surface area contributed by atoms with Crippen LogP contribution in [0.15, 0.2) is 36.7 Å². The number of aromatic nitrogens is 2. The van der Waals surface area contributed by atoms with E-state index in [2.05, 4.69) is 33.5 Å². The predicted molar refractivity (Wildman–Crippen MR) is 99.2 cm³/mol. The molecule has 3 rings (SSSR count). The monoisotopic (exact) mass is 340 g/mol. The fourth-order valence-corrected chi connectivity index (χ4v) is 3.42. The highest BCUT2D eigenvalue weighted by Gasteiger charge is 2.19. The molecule has 1 aromatic heterocycles. The highest BCUT2D eigenvalue weighted by molar-refractivity contribution is 5.76. The van der Waals surface area contributed by atoms with Crippen LogP contribution in [0.4, 0.5) is 0 Å². The van der Waals surface area contributed by atoms with Crippen molar-refractivity contribution in [3.8, 4) is 0 Å². The van der Waals surface area contributed by atoms with Gasteiger partial charge in [-0.15, -0.1) is 0 Å². The number of hydrogen-bond acceptors (Lipinski definition) is 3. The quantitative estimate of drug-likeness (QED) is 0.839. The summed E-state index contributed by atoms with van der Waals surface area (Å²) in [6, 6.07) is 8.33. The van der Waals surface area contributed by atoms with E-state index >= 15 is 0 Å². The van der Waals surface area contributed by atoms with E-state index in [0.29, 0.717) is 6.42 Å². The Morgan fingerprint density at radius 1 is 1.16 bits per heavy atom. The highest BCUT2D eigenvalue weighted by Crippen LogP contribution is 2.12. The Morgan fingerprint density at radius 3 is 2.76 bits per heavy atom. The van der Waals surface area contributed by atoms with Crippen molar-refractivity contribution in [1.82, 2.24) is 19.4 Å². The molecule has 0 saturated carbocycles. The molecule has 0 radical (unpaired) electrons. The first-order valence-corrected chi connectivity index (χ1v) is 9.14. The van der Waals surface area contributed by atoms with Crippen LogP contribution >= 0.6 is 0 Å². The molecule has 1 fully saturated rings. The minimum Gasteiger partial charge on any atom is -0.341 e. The second-order valence-corrected chi connectivity index (χ2v) is 6.89. The Balaban J connectivity index is 1.49. The molecule has 2 heterocycles. The molecule has 5 heteroatoms. The van der Waals surface area contributed by atoms with Crippen molar-refractivity contribution < 1.29 is 4.79 Å². The molecule has 1 aromatic carbocycles. The highest BCUT2D eigenvalue weighted by atomic mass is 16.2. The standard InChI is InChI=1S/C20H28N4O/c1-17-6-3-4-7-18(17)8-9-20(25)24-12-5-11-23(14-15-24)16-19-21-10-13-22(19)2/h3-4,6-7,10,13H,5,8-9,11-12,14-16H2,1-2H3. The number of hydrogen-bond donors (Lipinski definition) is 0. The number of carbonyl (C=O) groups excluding carboxylic acids is 1. The van der Waals surface area contributed by atoms with Crippen molar-refractivity contribution in [3.63, 3.8) is 0 Å². The van der Waals surface area contributed by atoms with E-state index in [1.165, 1.54) is 11.1 Å². The molecule has 1 aliphatic rings. The lowest BCUT2D eigenvalue weighted by atomic mass is 10.0. The fraction of sp³-hybridized carbons (Fsp3) is 0.500. The molecule has 0 unspecified atom stereocenters. The van der Waals surface area contributed by atoms with Crippen LogP contribution in [-0.4, -0.2) is 51.4 Å². The number of imidazole rings is 1. The molecule has 1 aliphatic heterocycles. The summed E-state index contributed by atoms with van der Waals surface area (Å²) in [5.41, 5.74) is 2.55. The van der Waals surface area contributed by atoms with Crippen molar-refractivity contribution in [2.45, 2.75) is 32.7 Å². The lowest BCUT2D eigenvalue weighted by Crippen LogP contribution is -2.35. The van der Waals surface area contributed by atoms with Gasteiger partial charge in [0.1, 0.15) is 5.82 Å². The molecule has 25 heavy (non-hydrogen) atoms. The first-order valence-electron chi connectivity index (χ1n) is 9.14. The van der Waals surface area contributed by atoms with Gasteiger partial charge in [-0.3, -0.25) is 9.69 Å². The van der Waals surface area contributed by atoms with Crippen LogP contribution in [-0.2, 0) is 24.8 Å². The third-order valence-corrected chi connectivity index (χ3v) is 5.10. The van der Waals surface area contributed by atoms with Crippen LogP contribution in [0.1, 0.15) is 29.8 Å². The van der Waals surface area contributed by atoms with Crippen LogP contribution in [0.2, 0.25) is 0 Å². The van der Waals surface area contributed by atoms with Crippen LogP contribution in [0.25, 0.3) is 0 Å². The SMILES string of the molecule is Cc1ccccc1CCC(=O)N1CCCN(Cc2nccn2C)CC1. The van der Waals surface area contributed by atoms with E-state index in [1.54, 1.807) is 0 Å². The molecule has 0 N–H and O–H groups in total. The van der Waals surface area contributed by atoms with E-state index < -0.39 is 0 Å². The Labute approximate surface area is 150 Å². The summed E-state index contributed by atoms with van der Waals surface area (Å²) in [4.78, 5) is 21.4. The van der Waals surface area contributed by atoms with Crippen molar-refractivity contribution in [2.24, 2.45) is 7.05 Å². The van der Waals surface area contributed by atoms with Gasteiger partial charge in [-0.25, -0.2) is 4.98 Å². The number of rotatable bonds is 5. The summed E-state index contributed by atoms with van der Waals surface area (Å²) < 4.78 is 2.07. The van der Waals surface area contributed by atoms with Gasteiger partial charge in [-0.2, -0.15) is 0 Å². The van der Waals surface area contributed by atoms with Gasteiger partial charge in [0, 0.05) is 52.0 Å². The van der Waals surface area contributed by atoms with Gasteiger partial charge >= 0.3 is 0 Å². The summed E-state index contributed by atoms with van der Waals surface area (Å²) in [6.45, 7) is 6.59. The van der Waals surface area contributed by atoms with Gasteiger partial charge in [-0.05, 0) is 30.9 Å². The van der Waals surface area contributed by atoms with Crippen LogP contribution in [0.3, 0.4) is 0 Å². The summed E-state index contributed by atoms with van der Waals surface area (Å²) in [5.74, 6) is 1.36. The normalized spacial score (nSPS) is 16.0. The number of nitrogens with zero attached hydrogens (tertiary/aromatic N) is 4. The van der Waals surface area contributed by atoms with Crippen molar-refractivity contribution in [3.05, 3.63) is 53.6 Å². The number of carbonyl (C=O) groups is 1. The third-order valence-electron chi connectivity index (χ3n) is 5.10. The topological polar surface area (TPSA) is 41.4 Å². The molecular formula is C20H28N4O. The molecule has 2 aromatic rings. The molecule has 0 spiro atoms. The molecule has 0 atom stereocenters. The average molecular weight is 340 g/mol. The van der Waals surface area contributed by atoms with Crippen molar-refractivity contribution in [1.29, 1.82) is 0 Å². The third kappa shape index (κ3) is 4.69. The van der Waals surface area contributed by atoms with Crippen molar-refractivity contribution in [2.75, 3.05) is 26.2 Å². The number of aryl methyl sites for hydroxylation is 3. The molecule has 5 nitrogen and oxygen atoms in total. The maximum atomic E-state index is 12.6. The molecule has 1 saturated heterocycles. The van der Waals surface area contributed by atoms with Gasteiger partial charge in [0.15, 0.2) is 0 Å². The summed E-state index contributed by atoms with van der Waals surface area (Å²) in [6.07, 6.45) is 6.28. The van der Waals surface area contributed by atoms with Gasteiger partial charge in [0.2, 0.25) is 5.91 Å². The lowest BCUT2D eigenvalue weighted by Gasteiger charge is -2.22. The summed E-state index contributed by atoms with van der Waals surface area (Å²) in [5, 5.41) is 0. The largest absolute Gasteiger partial charge is 0.341 e. The smallest absolute Gasteiger partial charge is 0.222 e. The zero-order chi connectivity index (χ0) is 17.6. The Kier molecular flexibility index (Phi) is 5.87. The van der Waals surface area contributed by atoms with Gasteiger partial charge < -0.3 is 9.47 Å². The average Bonchev–Trinajstić information content (AvgIpc) is 2.87. The number of benzene rings is 1. The number of amides is 1. The zero-order valence-electron chi connectivity index (χ0n) is 15.3. The molecule has 0 aliphatic carbocycles. The first-order chi connectivity index (χ1) is 12.1. The van der Waals surface area contributed by atoms with Crippen LogP contribution < -0.4 is 0 Å². The van der Waals surface area contributed by atoms with Crippen LogP contribution in [0, 0.1) is 6.92 Å². The Morgan fingerprint density at radius 2 is 2.00 bits per heavy atom.